The van der Waals surface area contributed by atoms with E-state index < -0.39 is 6.36 Å². The van der Waals surface area contributed by atoms with Gasteiger partial charge in [0.25, 0.3) is 0 Å². The highest BCUT2D eigenvalue weighted by molar-refractivity contribution is 6.04. The molecule has 1 N–H and O–H groups in total. The fourth-order valence-electron chi connectivity index (χ4n) is 5.03. The van der Waals surface area contributed by atoms with Crippen LogP contribution in [0.3, 0.4) is 0 Å². The zero-order valence-electron chi connectivity index (χ0n) is 18.1. The van der Waals surface area contributed by atoms with Crippen molar-refractivity contribution in [1.29, 1.82) is 0 Å². The van der Waals surface area contributed by atoms with Crippen LogP contribution >= 0.6 is 0 Å². The molecule has 2 fully saturated rings. The molecule has 0 aromatic heterocycles. The molecule has 4 rings (SSSR count). The number of aliphatic hydroxyl groups is 1. The van der Waals surface area contributed by atoms with Gasteiger partial charge in [0, 0.05) is 24.1 Å². The van der Waals surface area contributed by atoms with Crippen molar-refractivity contribution in [2.45, 2.75) is 57.0 Å². The average Bonchev–Trinajstić information content (AvgIpc) is 2.77. The molecule has 2 aromatic carbocycles. The standard InChI is InChI=1S/C24H29F3N2O3/c1-31-28-23(19-3-2-12-29(15-19)20-7-9-21(30)10-8-20)18-5-4-17-14-22(32-24(25,26)27)11-6-16(17)13-18/h4-6,11,13-14,19-21,30H,2-3,7-10,12,15H2,1H3/b28-23-. The van der Waals surface area contributed by atoms with Gasteiger partial charge >= 0.3 is 6.36 Å². The van der Waals surface area contributed by atoms with Crippen molar-refractivity contribution in [1.82, 2.24) is 4.90 Å². The lowest BCUT2D eigenvalue weighted by atomic mass is 9.85. The number of benzene rings is 2. The Bertz CT molecular complexity index is 955. The molecule has 0 spiro atoms. The quantitative estimate of drug-likeness (QED) is 0.509. The van der Waals surface area contributed by atoms with E-state index >= 15 is 0 Å². The molecule has 174 valence electrons. The van der Waals surface area contributed by atoms with E-state index in [2.05, 4.69) is 14.8 Å². The van der Waals surface area contributed by atoms with Gasteiger partial charge in [-0.1, -0.05) is 23.4 Å². The zero-order chi connectivity index (χ0) is 22.7. The molecule has 2 aromatic rings. The van der Waals surface area contributed by atoms with Crippen molar-refractivity contribution in [3.8, 4) is 5.75 Å². The molecule has 0 amide bonds. The van der Waals surface area contributed by atoms with Crippen molar-refractivity contribution in [2.24, 2.45) is 11.1 Å². The van der Waals surface area contributed by atoms with Gasteiger partial charge in [0.1, 0.15) is 12.9 Å². The molecule has 1 saturated heterocycles. The maximum Gasteiger partial charge on any atom is 0.573 e. The van der Waals surface area contributed by atoms with Gasteiger partial charge in [-0.2, -0.15) is 0 Å². The summed E-state index contributed by atoms with van der Waals surface area (Å²) in [4.78, 5) is 7.70. The first-order chi connectivity index (χ1) is 15.3. The summed E-state index contributed by atoms with van der Waals surface area (Å²) in [5.41, 5.74) is 1.78. The minimum Gasteiger partial charge on any atom is -0.406 e. The fraction of sp³-hybridized carbons (Fsp3) is 0.542. The Hall–Kier alpha value is -2.32. The summed E-state index contributed by atoms with van der Waals surface area (Å²) in [6, 6.07) is 10.5. The highest BCUT2D eigenvalue weighted by atomic mass is 19.4. The van der Waals surface area contributed by atoms with Crippen LogP contribution in [0.5, 0.6) is 5.75 Å². The summed E-state index contributed by atoms with van der Waals surface area (Å²) in [6.07, 6.45) is 0.937. The second-order valence-corrected chi connectivity index (χ2v) is 8.73. The summed E-state index contributed by atoms with van der Waals surface area (Å²) in [7, 11) is 1.53. The number of oxime groups is 1. The predicted molar refractivity (Wildman–Crippen MR) is 117 cm³/mol. The molecule has 1 aliphatic heterocycles. The van der Waals surface area contributed by atoms with Gasteiger partial charge in [-0.15, -0.1) is 13.2 Å². The molecule has 0 radical (unpaired) electrons. The number of hydrogen-bond donors (Lipinski definition) is 1. The van der Waals surface area contributed by atoms with Crippen molar-refractivity contribution in [3.63, 3.8) is 0 Å². The summed E-state index contributed by atoms with van der Waals surface area (Å²) in [5.74, 6) is -0.0232. The number of halogens is 3. The lowest BCUT2D eigenvalue weighted by Crippen LogP contribution is -2.46. The Balaban J connectivity index is 1.54. The van der Waals surface area contributed by atoms with E-state index in [0.717, 1.165) is 68.3 Å². The third-order valence-electron chi connectivity index (χ3n) is 6.55. The first kappa shape index (κ1) is 22.9. The molecular formula is C24H29F3N2O3. The van der Waals surface area contributed by atoms with E-state index in [4.69, 9.17) is 4.84 Å². The Labute approximate surface area is 185 Å². The molecular weight excluding hydrogens is 421 g/mol. The van der Waals surface area contributed by atoms with Gasteiger partial charge in [-0.05, 0) is 74.0 Å². The monoisotopic (exact) mass is 450 g/mol. The Morgan fingerprint density at radius 3 is 2.47 bits per heavy atom. The number of hydrogen-bond acceptors (Lipinski definition) is 5. The number of nitrogens with zero attached hydrogens (tertiary/aromatic N) is 2. The molecule has 0 bridgehead atoms. The van der Waals surface area contributed by atoms with Crippen LogP contribution in [0.2, 0.25) is 0 Å². The Morgan fingerprint density at radius 1 is 1.03 bits per heavy atom. The van der Waals surface area contributed by atoms with Gasteiger partial charge < -0.3 is 14.7 Å². The number of rotatable bonds is 5. The topological polar surface area (TPSA) is 54.3 Å². The normalized spacial score (nSPS) is 25.7. The highest BCUT2D eigenvalue weighted by Crippen LogP contribution is 2.31. The molecule has 8 heteroatoms. The minimum atomic E-state index is -4.71. The molecule has 32 heavy (non-hydrogen) atoms. The van der Waals surface area contributed by atoms with Gasteiger partial charge in [0.15, 0.2) is 0 Å². The highest BCUT2D eigenvalue weighted by Gasteiger charge is 2.32. The van der Waals surface area contributed by atoms with Crippen LogP contribution < -0.4 is 4.74 Å². The summed E-state index contributed by atoms with van der Waals surface area (Å²) >= 11 is 0. The second kappa shape index (κ2) is 9.67. The van der Waals surface area contributed by atoms with E-state index in [-0.39, 0.29) is 17.8 Å². The predicted octanol–water partition coefficient (Wildman–Crippen LogP) is 5.10. The van der Waals surface area contributed by atoms with E-state index in [1.165, 1.54) is 19.2 Å². The lowest BCUT2D eigenvalue weighted by Gasteiger charge is -2.41. The Kier molecular flexibility index (Phi) is 6.90. The van der Waals surface area contributed by atoms with Crippen LogP contribution in [-0.2, 0) is 4.84 Å². The molecule has 1 heterocycles. The summed E-state index contributed by atoms with van der Waals surface area (Å²) < 4.78 is 41.6. The maximum absolute atomic E-state index is 12.5. The van der Waals surface area contributed by atoms with E-state index in [0.29, 0.717) is 11.4 Å². The van der Waals surface area contributed by atoms with E-state index in [9.17, 15) is 18.3 Å². The number of fused-ring (bicyclic) bond motifs is 1. The number of piperidine rings is 1. The first-order valence-corrected chi connectivity index (χ1v) is 11.2. The maximum atomic E-state index is 12.5. The van der Waals surface area contributed by atoms with E-state index in [1.54, 1.807) is 12.1 Å². The fourth-order valence-corrected chi connectivity index (χ4v) is 5.03. The van der Waals surface area contributed by atoms with Gasteiger partial charge in [0.05, 0.1) is 11.8 Å². The van der Waals surface area contributed by atoms with Crippen LogP contribution in [0, 0.1) is 5.92 Å². The van der Waals surface area contributed by atoms with Crippen LogP contribution in [0.1, 0.15) is 44.1 Å². The van der Waals surface area contributed by atoms with E-state index in [1.807, 2.05) is 12.1 Å². The van der Waals surface area contributed by atoms with Crippen molar-refractivity contribution < 1.29 is 27.9 Å². The van der Waals surface area contributed by atoms with Crippen molar-refractivity contribution in [3.05, 3.63) is 42.0 Å². The number of likely N-dealkylation sites (tertiary alicyclic amines) is 1. The largest absolute Gasteiger partial charge is 0.573 e. The number of aliphatic hydroxyl groups excluding tert-OH is 1. The average molecular weight is 451 g/mol. The summed E-state index contributed by atoms with van der Waals surface area (Å²) in [5, 5.41) is 15.7. The number of ether oxygens (including phenoxy) is 1. The van der Waals surface area contributed by atoms with Crippen molar-refractivity contribution >= 4 is 16.5 Å². The van der Waals surface area contributed by atoms with Gasteiger partial charge in [0.2, 0.25) is 0 Å². The summed E-state index contributed by atoms with van der Waals surface area (Å²) in [6.45, 7) is 1.94. The first-order valence-electron chi connectivity index (χ1n) is 11.2. The Morgan fingerprint density at radius 2 is 1.75 bits per heavy atom. The molecule has 2 aliphatic rings. The third-order valence-corrected chi connectivity index (χ3v) is 6.55. The second-order valence-electron chi connectivity index (χ2n) is 8.73. The van der Waals surface area contributed by atoms with Gasteiger partial charge in [-0.3, -0.25) is 4.90 Å². The lowest BCUT2D eigenvalue weighted by molar-refractivity contribution is -0.274. The van der Waals surface area contributed by atoms with Crippen LogP contribution in [0.15, 0.2) is 41.6 Å². The molecule has 1 saturated carbocycles. The zero-order valence-corrected chi connectivity index (χ0v) is 18.1. The molecule has 1 unspecified atom stereocenters. The van der Waals surface area contributed by atoms with Crippen LogP contribution in [-0.4, -0.2) is 54.4 Å². The van der Waals surface area contributed by atoms with Gasteiger partial charge in [-0.25, -0.2) is 0 Å². The van der Waals surface area contributed by atoms with Crippen molar-refractivity contribution in [2.75, 3.05) is 20.2 Å². The molecule has 1 aliphatic carbocycles. The smallest absolute Gasteiger partial charge is 0.406 e. The molecule has 1 atom stereocenters. The van der Waals surface area contributed by atoms with Crippen LogP contribution in [0.25, 0.3) is 10.8 Å². The third kappa shape index (κ3) is 5.53. The minimum absolute atomic E-state index is 0.169. The van der Waals surface area contributed by atoms with Crippen LogP contribution in [0.4, 0.5) is 13.2 Å². The number of alkyl halides is 3. The molecule has 5 nitrogen and oxygen atoms in total. The SMILES string of the molecule is CO/N=C(/c1ccc2cc(OC(F)(F)F)ccc2c1)C1CCCN(C2CCC(O)CC2)C1.